The number of nitrogens with zero attached hydrogens (tertiary/aromatic N) is 3. The second-order valence-electron chi connectivity index (χ2n) is 4.78. The van der Waals surface area contributed by atoms with Crippen molar-refractivity contribution in [3.05, 3.63) is 18.0 Å². The van der Waals surface area contributed by atoms with E-state index in [0.29, 0.717) is 25.1 Å². The second kappa shape index (κ2) is 5.40. The summed E-state index contributed by atoms with van der Waals surface area (Å²) in [7, 11) is 3.33. The molecule has 1 aromatic rings. The fraction of sp³-hybridized carbons (Fsp3) is 0.583. The zero-order valence-corrected chi connectivity index (χ0v) is 10.9. The zero-order chi connectivity index (χ0) is 14.0. The lowest BCUT2D eigenvalue weighted by molar-refractivity contribution is -0.149. The first-order valence-electron chi connectivity index (χ1n) is 6.10. The number of carboxylic acids is 1. The van der Waals surface area contributed by atoms with Gasteiger partial charge in [-0.25, -0.2) is 4.79 Å². The highest BCUT2D eigenvalue weighted by atomic mass is 16.5. The molecule has 0 saturated carbocycles. The molecule has 104 valence electrons. The number of carbonyl (C=O) groups excluding carboxylic acids is 1. The highest BCUT2D eigenvalue weighted by molar-refractivity contribution is 5.91. The van der Waals surface area contributed by atoms with Gasteiger partial charge in [0, 0.05) is 20.3 Å². The minimum absolute atomic E-state index is 0.158. The van der Waals surface area contributed by atoms with Crippen molar-refractivity contribution in [3.8, 4) is 0 Å². The van der Waals surface area contributed by atoms with E-state index in [1.165, 1.54) is 4.90 Å². The Morgan fingerprint density at radius 3 is 2.84 bits per heavy atom. The van der Waals surface area contributed by atoms with E-state index in [-0.39, 0.29) is 12.0 Å². The quantitative estimate of drug-likeness (QED) is 0.843. The number of hydrogen-bond donors (Lipinski definition) is 1. The second-order valence-corrected chi connectivity index (χ2v) is 4.78. The first-order chi connectivity index (χ1) is 8.97. The van der Waals surface area contributed by atoms with Crippen molar-refractivity contribution in [2.75, 3.05) is 14.1 Å². The molecule has 2 rings (SSSR count). The molecule has 7 heteroatoms. The molecule has 2 atom stereocenters. The van der Waals surface area contributed by atoms with Crippen molar-refractivity contribution < 1.29 is 19.4 Å². The van der Waals surface area contributed by atoms with E-state index in [1.54, 1.807) is 31.0 Å². The molecule has 1 aliphatic rings. The molecule has 1 N–H and O–H groups in total. The van der Waals surface area contributed by atoms with Gasteiger partial charge in [-0.05, 0) is 18.9 Å². The van der Waals surface area contributed by atoms with E-state index in [9.17, 15) is 9.59 Å². The Bertz CT molecular complexity index is 483. The van der Waals surface area contributed by atoms with Gasteiger partial charge in [0.05, 0.1) is 12.6 Å². The summed E-state index contributed by atoms with van der Waals surface area (Å²) in [6.07, 6.45) is 2.03. The molecule has 1 aliphatic heterocycles. The van der Waals surface area contributed by atoms with Crippen molar-refractivity contribution in [1.29, 1.82) is 0 Å². The van der Waals surface area contributed by atoms with Gasteiger partial charge in [0.25, 0.3) is 5.91 Å². The number of ether oxygens (including phenoxy) is 1. The van der Waals surface area contributed by atoms with Crippen LogP contribution in [0.15, 0.2) is 12.3 Å². The van der Waals surface area contributed by atoms with Crippen LogP contribution in [0.5, 0.6) is 0 Å². The lowest BCUT2D eigenvalue weighted by Gasteiger charge is -2.11. The first-order valence-corrected chi connectivity index (χ1v) is 6.10. The molecular formula is C12H17N3O4. The topological polar surface area (TPSA) is 84.7 Å². The van der Waals surface area contributed by atoms with Crippen LogP contribution in [0.1, 0.15) is 23.3 Å². The van der Waals surface area contributed by atoms with Crippen LogP contribution in [-0.2, 0) is 16.1 Å². The predicted octanol–water partition coefficient (Wildman–Crippen LogP) is 0.217. The average Bonchev–Trinajstić information content (AvgIpc) is 2.97. The van der Waals surface area contributed by atoms with E-state index in [2.05, 4.69) is 5.10 Å². The third-order valence-corrected chi connectivity index (χ3v) is 3.04. The lowest BCUT2D eigenvalue weighted by atomic mass is 10.2. The zero-order valence-electron chi connectivity index (χ0n) is 10.9. The maximum Gasteiger partial charge on any atom is 0.332 e. The fourth-order valence-corrected chi connectivity index (χ4v) is 2.04. The Balaban J connectivity index is 1.94. The average molecular weight is 267 g/mol. The van der Waals surface area contributed by atoms with Crippen molar-refractivity contribution in [1.82, 2.24) is 14.7 Å². The Hall–Kier alpha value is -1.89. The molecule has 0 bridgehead atoms. The summed E-state index contributed by atoms with van der Waals surface area (Å²) in [5.41, 5.74) is 0.373. The van der Waals surface area contributed by atoms with Crippen LogP contribution < -0.4 is 0 Å². The highest BCUT2D eigenvalue weighted by Gasteiger charge is 2.30. The minimum Gasteiger partial charge on any atom is -0.479 e. The van der Waals surface area contributed by atoms with Gasteiger partial charge in [-0.2, -0.15) is 5.10 Å². The number of aromatic nitrogens is 2. The van der Waals surface area contributed by atoms with Crippen molar-refractivity contribution >= 4 is 11.9 Å². The van der Waals surface area contributed by atoms with Crippen molar-refractivity contribution in [3.63, 3.8) is 0 Å². The largest absolute Gasteiger partial charge is 0.479 e. The third kappa shape index (κ3) is 3.11. The van der Waals surface area contributed by atoms with Crippen molar-refractivity contribution in [2.24, 2.45) is 0 Å². The van der Waals surface area contributed by atoms with Crippen molar-refractivity contribution in [2.45, 2.75) is 31.6 Å². The number of carboxylic acid groups (broad SMARTS) is 1. The van der Waals surface area contributed by atoms with Crippen LogP contribution in [0, 0.1) is 0 Å². The molecule has 1 saturated heterocycles. The molecule has 0 spiro atoms. The molecule has 2 heterocycles. The highest BCUT2D eigenvalue weighted by Crippen LogP contribution is 2.21. The van der Waals surface area contributed by atoms with Gasteiger partial charge < -0.3 is 14.7 Å². The van der Waals surface area contributed by atoms with Crippen LogP contribution in [0.4, 0.5) is 0 Å². The summed E-state index contributed by atoms with van der Waals surface area (Å²) in [5.74, 6) is -1.08. The molecule has 1 fully saturated rings. The number of aliphatic carboxylic acids is 1. The smallest absolute Gasteiger partial charge is 0.332 e. The summed E-state index contributed by atoms with van der Waals surface area (Å²) >= 11 is 0. The third-order valence-electron chi connectivity index (χ3n) is 3.04. The van der Waals surface area contributed by atoms with Gasteiger partial charge in [0.1, 0.15) is 5.69 Å². The number of carbonyl (C=O) groups is 2. The summed E-state index contributed by atoms with van der Waals surface area (Å²) in [5, 5.41) is 13.0. The van der Waals surface area contributed by atoms with Gasteiger partial charge in [-0.3, -0.25) is 9.48 Å². The van der Waals surface area contributed by atoms with E-state index >= 15 is 0 Å². The molecule has 7 nitrogen and oxygen atoms in total. The van der Waals surface area contributed by atoms with Gasteiger partial charge in [-0.1, -0.05) is 0 Å². The molecule has 0 aromatic carbocycles. The van der Waals surface area contributed by atoms with Crippen LogP contribution >= 0.6 is 0 Å². The SMILES string of the molecule is CN(C)C(=O)c1ccn(CC2CCC(C(=O)O)O2)n1. The van der Waals surface area contributed by atoms with Gasteiger partial charge in [-0.15, -0.1) is 0 Å². The fourth-order valence-electron chi connectivity index (χ4n) is 2.04. The molecule has 19 heavy (non-hydrogen) atoms. The number of rotatable bonds is 4. The maximum atomic E-state index is 11.7. The van der Waals surface area contributed by atoms with Crippen LogP contribution in [-0.4, -0.2) is 58.0 Å². The van der Waals surface area contributed by atoms with E-state index < -0.39 is 12.1 Å². The summed E-state index contributed by atoms with van der Waals surface area (Å²) in [6, 6.07) is 1.64. The Morgan fingerprint density at radius 2 is 2.26 bits per heavy atom. The lowest BCUT2D eigenvalue weighted by Crippen LogP contribution is -2.24. The standard InChI is InChI=1S/C12H17N3O4/c1-14(2)11(16)9-5-6-15(13-9)7-8-3-4-10(19-8)12(17)18/h5-6,8,10H,3-4,7H2,1-2H3,(H,17,18). The summed E-state index contributed by atoms with van der Waals surface area (Å²) in [6.45, 7) is 0.463. The normalized spacial score (nSPS) is 22.4. The predicted molar refractivity (Wildman–Crippen MR) is 65.8 cm³/mol. The molecule has 1 aromatic heterocycles. The molecular weight excluding hydrogens is 250 g/mol. The summed E-state index contributed by atoms with van der Waals surface area (Å²) < 4.78 is 7.00. The molecule has 2 unspecified atom stereocenters. The Labute approximate surface area is 110 Å². The van der Waals surface area contributed by atoms with Crippen LogP contribution in [0.2, 0.25) is 0 Å². The maximum absolute atomic E-state index is 11.7. The summed E-state index contributed by atoms with van der Waals surface area (Å²) in [4.78, 5) is 23.9. The monoisotopic (exact) mass is 267 g/mol. The van der Waals surface area contributed by atoms with E-state index in [0.717, 1.165) is 0 Å². The number of hydrogen-bond acceptors (Lipinski definition) is 4. The number of amides is 1. The van der Waals surface area contributed by atoms with Crippen LogP contribution in [0.3, 0.4) is 0 Å². The molecule has 0 radical (unpaired) electrons. The van der Waals surface area contributed by atoms with E-state index in [4.69, 9.17) is 9.84 Å². The Kier molecular flexibility index (Phi) is 3.84. The Morgan fingerprint density at radius 1 is 1.53 bits per heavy atom. The first kappa shape index (κ1) is 13.5. The van der Waals surface area contributed by atoms with E-state index in [1.807, 2.05) is 0 Å². The van der Waals surface area contributed by atoms with Gasteiger partial charge in [0.2, 0.25) is 0 Å². The molecule has 0 aliphatic carbocycles. The van der Waals surface area contributed by atoms with Gasteiger partial charge in [0.15, 0.2) is 6.10 Å². The van der Waals surface area contributed by atoms with Gasteiger partial charge >= 0.3 is 5.97 Å². The van der Waals surface area contributed by atoms with Crippen LogP contribution in [0.25, 0.3) is 0 Å². The molecule has 1 amide bonds. The minimum atomic E-state index is -0.925.